The van der Waals surface area contributed by atoms with Crippen LogP contribution in [0.3, 0.4) is 0 Å². The molecule has 0 atom stereocenters. The maximum absolute atomic E-state index is 11.8. The molecule has 6 heteroatoms. The third-order valence-corrected chi connectivity index (χ3v) is 3.95. The van der Waals surface area contributed by atoms with Gasteiger partial charge in [-0.1, -0.05) is 32.4 Å². The first-order valence-corrected chi connectivity index (χ1v) is 8.46. The first-order valence-electron chi connectivity index (χ1n) is 8.46. The average Bonchev–Trinajstić information content (AvgIpc) is 2.85. The molecule has 6 nitrogen and oxygen atoms in total. The van der Waals surface area contributed by atoms with Crippen LogP contribution in [0.2, 0.25) is 0 Å². The van der Waals surface area contributed by atoms with Crippen LogP contribution < -0.4 is 10.2 Å². The van der Waals surface area contributed by atoms with Gasteiger partial charge in [-0.15, -0.1) is 0 Å². The lowest BCUT2D eigenvalue weighted by Crippen LogP contribution is -2.20. The van der Waals surface area contributed by atoms with E-state index in [1.807, 2.05) is 38.1 Å². The SMILES string of the molecule is CCCOc1ccccc1Nn1c(CCC)c(C=O)c(C)c1C(=O)O. The van der Waals surface area contributed by atoms with Crippen molar-refractivity contribution in [2.45, 2.75) is 40.0 Å². The third kappa shape index (κ3) is 3.84. The number of aromatic nitrogens is 1. The minimum Gasteiger partial charge on any atom is -0.491 e. The van der Waals surface area contributed by atoms with Crippen molar-refractivity contribution in [1.29, 1.82) is 0 Å². The fraction of sp³-hybridized carbons (Fsp3) is 0.368. The topological polar surface area (TPSA) is 80.6 Å². The lowest BCUT2D eigenvalue weighted by atomic mass is 10.1. The normalized spacial score (nSPS) is 10.5. The molecule has 0 radical (unpaired) electrons. The zero-order valence-electron chi connectivity index (χ0n) is 14.8. The number of aldehydes is 1. The number of hydrogen-bond donors (Lipinski definition) is 2. The van der Waals surface area contributed by atoms with Crippen molar-refractivity contribution in [2.24, 2.45) is 0 Å². The second kappa shape index (κ2) is 8.37. The van der Waals surface area contributed by atoms with Crippen molar-refractivity contribution in [2.75, 3.05) is 12.0 Å². The number of carboxylic acids is 1. The van der Waals surface area contributed by atoms with Crippen LogP contribution in [-0.2, 0) is 6.42 Å². The molecule has 1 aromatic heterocycles. The van der Waals surface area contributed by atoms with E-state index in [4.69, 9.17) is 4.74 Å². The zero-order valence-corrected chi connectivity index (χ0v) is 14.8. The molecule has 2 rings (SSSR count). The van der Waals surface area contributed by atoms with Crippen molar-refractivity contribution in [3.8, 4) is 5.75 Å². The Morgan fingerprint density at radius 2 is 2.00 bits per heavy atom. The highest BCUT2D eigenvalue weighted by atomic mass is 16.5. The molecule has 0 bridgehead atoms. The van der Waals surface area contributed by atoms with Gasteiger partial charge in [0, 0.05) is 5.56 Å². The number of carbonyl (C=O) groups excluding carboxylic acids is 1. The van der Waals surface area contributed by atoms with E-state index in [1.54, 1.807) is 6.92 Å². The first-order chi connectivity index (χ1) is 12.0. The Morgan fingerprint density at radius 1 is 1.28 bits per heavy atom. The lowest BCUT2D eigenvalue weighted by molar-refractivity contribution is 0.0686. The van der Waals surface area contributed by atoms with Gasteiger partial charge < -0.3 is 9.84 Å². The monoisotopic (exact) mass is 344 g/mol. The van der Waals surface area contributed by atoms with E-state index in [2.05, 4.69) is 5.43 Å². The number of carbonyl (C=O) groups is 2. The smallest absolute Gasteiger partial charge is 0.354 e. The largest absolute Gasteiger partial charge is 0.491 e. The molecule has 2 aromatic rings. The molecule has 0 unspecified atom stereocenters. The molecule has 0 aliphatic carbocycles. The molecule has 25 heavy (non-hydrogen) atoms. The van der Waals surface area contributed by atoms with Gasteiger partial charge in [-0.3, -0.25) is 14.9 Å². The van der Waals surface area contributed by atoms with Crippen LogP contribution in [-0.4, -0.2) is 28.6 Å². The van der Waals surface area contributed by atoms with Gasteiger partial charge in [0.25, 0.3) is 0 Å². The van der Waals surface area contributed by atoms with Crippen LogP contribution in [0.4, 0.5) is 5.69 Å². The quantitative estimate of drug-likeness (QED) is 0.674. The van der Waals surface area contributed by atoms with Gasteiger partial charge in [0.2, 0.25) is 0 Å². The highest BCUT2D eigenvalue weighted by Crippen LogP contribution is 2.28. The molecule has 0 spiro atoms. The van der Waals surface area contributed by atoms with Crippen LogP contribution in [0.25, 0.3) is 0 Å². The fourth-order valence-electron chi connectivity index (χ4n) is 2.80. The van der Waals surface area contributed by atoms with Gasteiger partial charge in [0.1, 0.15) is 5.75 Å². The van der Waals surface area contributed by atoms with Crippen LogP contribution in [0.15, 0.2) is 24.3 Å². The molecule has 0 fully saturated rings. The number of para-hydroxylation sites is 2. The summed E-state index contributed by atoms with van der Waals surface area (Å²) in [6, 6.07) is 7.36. The van der Waals surface area contributed by atoms with Gasteiger partial charge in [-0.05, 0) is 37.5 Å². The number of benzene rings is 1. The molecule has 2 N–H and O–H groups in total. The molecule has 134 valence electrons. The molecule has 0 aliphatic heterocycles. The van der Waals surface area contributed by atoms with Crippen LogP contribution in [0, 0.1) is 6.92 Å². The standard InChI is InChI=1S/C19H24N2O4/c1-4-8-16-14(12-22)13(3)18(19(23)24)21(16)20-15-9-6-7-10-17(15)25-11-5-2/h6-7,9-10,12,20H,4-5,8,11H2,1-3H3,(H,23,24). The summed E-state index contributed by atoms with van der Waals surface area (Å²) in [6.07, 6.45) is 2.98. The maximum Gasteiger partial charge on any atom is 0.354 e. The predicted molar refractivity (Wildman–Crippen MR) is 96.8 cm³/mol. The van der Waals surface area contributed by atoms with Crippen LogP contribution in [0.1, 0.15) is 58.8 Å². The molecule has 1 aromatic carbocycles. The highest BCUT2D eigenvalue weighted by molar-refractivity contribution is 5.93. The van der Waals surface area contributed by atoms with Crippen LogP contribution >= 0.6 is 0 Å². The summed E-state index contributed by atoms with van der Waals surface area (Å²) in [5.41, 5.74) is 5.41. The molecule has 1 heterocycles. The maximum atomic E-state index is 11.8. The Labute approximate surface area is 147 Å². The highest BCUT2D eigenvalue weighted by Gasteiger charge is 2.24. The Kier molecular flexibility index (Phi) is 6.22. The van der Waals surface area contributed by atoms with Gasteiger partial charge >= 0.3 is 5.97 Å². The Morgan fingerprint density at radius 3 is 2.60 bits per heavy atom. The van der Waals surface area contributed by atoms with E-state index in [9.17, 15) is 14.7 Å². The Balaban J connectivity index is 2.55. The van der Waals surface area contributed by atoms with Gasteiger partial charge in [0.05, 0.1) is 18.0 Å². The minimum atomic E-state index is -1.08. The molecular weight excluding hydrogens is 320 g/mol. The second-order valence-corrected chi connectivity index (χ2v) is 5.80. The van der Waals surface area contributed by atoms with Crippen molar-refractivity contribution in [3.05, 3.63) is 46.8 Å². The number of ether oxygens (including phenoxy) is 1. The van der Waals surface area contributed by atoms with E-state index in [1.165, 1.54) is 4.68 Å². The summed E-state index contributed by atoms with van der Waals surface area (Å²) in [5, 5.41) is 9.63. The van der Waals surface area contributed by atoms with Crippen molar-refractivity contribution < 1.29 is 19.4 Å². The van der Waals surface area contributed by atoms with Crippen molar-refractivity contribution in [3.63, 3.8) is 0 Å². The Bertz CT molecular complexity index is 765. The number of anilines is 1. The van der Waals surface area contributed by atoms with Crippen molar-refractivity contribution >= 4 is 17.9 Å². The van der Waals surface area contributed by atoms with Gasteiger partial charge in [-0.25, -0.2) is 4.79 Å². The summed E-state index contributed by atoms with van der Waals surface area (Å²) in [5.74, 6) is -0.440. The number of hydrogen-bond acceptors (Lipinski definition) is 4. The number of nitrogens with one attached hydrogen (secondary N) is 1. The summed E-state index contributed by atoms with van der Waals surface area (Å²) < 4.78 is 7.23. The fourth-order valence-corrected chi connectivity index (χ4v) is 2.80. The molecular formula is C19H24N2O4. The lowest BCUT2D eigenvalue weighted by Gasteiger charge is -2.17. The average molecular weight is 344 g/mol. The zero-order chi connectivity index (χ0) is 18.4. The number of carboxylic acid groups (broad SMARTS) is 1. The summed E-state index contributed by atoms with van der Waals surface area (Å²) >= 11 is 0. The Hall–Kier alpha value is -2.76. The predicted octanol–water partition coefficient (Wildman–Crippen LogP) is 3.92. The van der Waals surface area contributed by atoms with E-state index in [0.29, 0.717) is 41.3 Å². The molecule has 0 saturated carbocycles. The second-order valence-electron chi connectivity index (χ2n) is 5.80. The number of nitrogens with zero attached hydrogens (tertiary/aromatic N) is 1. The third-order valence-electron chi connectivity index (χ3n) is 3.95. The number of aromatic carboxylic acids is 1. The minimum absolute atomic E-state index is 0.0656. The van der Waals surface area contributed by atoms with Gasteiger partial charge in [0.15, 0.2) is 12.0 Å². The van der Waals surface area contributed by atoms with E-state index < -0.39 is 5.97 Å². The van der Waals surface area contributed by atoms with Gasteiger partial charge in [-0.2, -0.15) is 0 Å². The summed E-state index contributed by atoms with van der Waals surface area (Å²) in [7, 11) is 0. The van der Waals surface area contributed by atoms with Crippen LogP contribution in [0.5, 0.6) is 5.75 Å². The summed E-state index contributed by atoms with van der Waals surface area (Å²) in [6.45, 7) is 6.23. The molecule has 0 saturated heterocycles. The molecule has 0 amide bonds. The molecule has 0 aliphatic rings. The van der Waals surface area contributed by atoms with E-state index >= 15 is 0 Å². The van der Waals surface area contributed by atoms with E-state index in [-0.39, 0.29) is 5.69 Å². The first kappa shape index (κ1) is 18.6. The van der Waals surface area contributed by atoms with E-state index in [0.717, 1.165) is 19.1 Å². The van der Waals surface area contributed by atoms with Crippen molar-refractivity contribution in [1.82, 2.24) is 4.68 Å². The number of rotatable bonds is 9. The summed E-state index contributed by atoms with van der Waals surface area (Å²) in [4.78, 5) is 23.3.